The second-order valence-corrected chi connectivity index (χ2v) is 7.46. The summed E-state index contributed by atoms with van der Waals surface area (Å²) in [6.45, 7) is 4.27. The van der Waals surface area contributed by atoms with Crippen LogP contribution in [0.1, 0.15) is 36.5 Å². The van der Waals surface area contributed by atoms with E-state index in [1.165, 1.54) is 17.0 Å². The number of aliphatic carboxylic acids is 1. The molecular weight excluding hydrogens is 390 g/mol. The van der Waals surface area contributed by atoms with Crippen molar-refractivity contribution in [3.05, 3.63) is 38.9 Å². The third kappa shape index (κ3) is 3.69. The number of ether oxygens (including phenoxy) is 1. The van der Waals surface area contributed by atoms with Gasteiger partial charge in [0.1, 0.15) is 10.7 Å². The molecule has 1 amide bonds. The number of amides is 1. The molecule has 0 saturated carbocycles. The Hall–Kier alpha value is -2.23. The molecule has 10 heteroatoms. The lowest BCUT2D eigenvalue weighted by Crippen LogP contribution is -2.58. The van der Waals surface area contributed by atoms with Crippen LogP contribution >= 0.6 is 11.6 Å². The maximum Gasteiger partial charge on any atom is 0.328 e. The number of likely N-dealkylation sites (tertiary alicyclic amines) is 1. The maximum absolute atomic E-state index is 13.2. The number of carbonyl (C=O) groups is 2. The molecule has 1 N–H and O–H groups in total. The van der Waals surface area contributed by atoms with E-state index in [1.54, 1.807) is 0 Å². The van der Waals surface area contributed by atoms with Gasteiger partial charge in [-0.1, -0.05) is 18.5 Å². The maximum atomic E-state index is 13.2. The quantitative estimate of drug-likeness (QED) is 0.584. The molecule has 0 aliphatic carbocycles. The zero-order valence-corrected chi connectivity index (χ0v) is 16.2. The van der Waals surface area contributed by atoms with Gasteiger partial charge in [-0.15, -0.1) is 0 Å². The van der Waals surface area contributed by atoms with Gasteiger partial charge in [-0.25, -0.2) is 4.79 Å². The fourth-order valence-corrected chi connectivity index (χ4v) is 4.11. The van der Waals surface area contributed by atoms with Crippen LogP contribution in [0.2, 0.25) is 5.02 Å². The van der Waals surface area contributed by atoms with Crippen molar-refractivity contribution >= 4 is 29.2 Å². The third-order valence-corrected chi connectivity index (χ3v) is 5.65. The first-order valence-corrected chi connectivity index (χ1v) is 9.53. The van der Waals surface area contributed by atoms with E-state index in [0.717, 1.165) is 19.0 Å². The Balaban J connectivity index is 1.93. The van der Waals surface area contributed by atoms with Crippen LogP contribution in [-0.4, -0.2) is 69.7 Å². The number of hydrogen-bond donors (Lipinski definition) is 1. The van der Waals surface area contributed by atoms with Gasteiger partial charge in [0.15, 0.2) is 6.04 Å². The molecule has 2 fully saturated rings. The molecule has 0 unspecified atom stereocenters. The summed E-state index contributed by atoms with van der Waals surface area (Å²) >= 11 is 5.83. The first-order valence-electron chi connectivity index (χ1n) is 9.16. The monoisotopic (exact) mass is 411 g/mol. The molecular formula is C18H22ClN3O6. The summed E-state index contributed by atoms with van der Waals surface area (Å²) in [4.78, 5) is 39.0. The molecule has 152 valence electrons. The average Bonchev–Trinajstić information content (AvgIpc) is 3.02. The number of piperidine rings is 1. The van der Waals surface area contributed by atoms with Crippen LogP contribution in [0.5, 0.6) is 0 Å². The van der Waals surface area contributed by atoms with Gasteiger partial charge in [0.25, 0.3) is 11.6 Å². The van der Waals surface area contributed by atoms with Crippen molar-refractivity contribution in [1.29, 1.82) is 0 Å². The lowest BCUT2D eigenvalue weighted by atomic mass is 9.96. The number of carboxylic acid groups (broad SMARTS) is 1. The first kappa shape index (κ1) is 20.5. The van der Waals surface area contributed by atoms with Gasteiger partial charge in [0.05, 0.1) is 11.5 Å². The van der Waals surface area contributed by atoms with Crippen LogP contribution in [0.3, 0.4) is 0 Å². The predicted octanol–water partition coefficient (Wildman–Crippen LogP) is 2.38. The number of rotatable bonds is 5. The van der Waals surface area contributed by atoms with E-state index < -0.39 is 34.3 Å². The summed E-state index contributed by atoms with van der Waals surface area (Å²) < 4.78 is 5.88. The second-order valence-electron chi connectivity index (χ2n) is 7.05. The molecule has 2 saturated heterocycles. The van der Waals surface area contributed by atoms with Crippen molar-refractivity contribution in [3.63, 3.8) is 0 Å². The highest BCUT2D eigenvalue weighted by Gasteiger charge is 2.54. The first-order chi connectivity index (χ1) is 13.3. The van der Waals surface area contributed by atoms with Crippen molar-refractivity contribution in [2.75, 3.05) is 26.2 Å². The number of halogens is 1. The summed E-state index contributed by atoms with van der Waals surface area (Å²) in [5.74, 6) is -1.77. The Kier molecular flexibility index (Phi) is 5.87. The van der Waals surface area contributed by atoms with E-state index in [-0.39, 0.29) is 17.2 Å². The van der Waals surface area contributed by atoms with E-state index in [0.29, 0.717) is 25.9 Å². The van der Waals surface area contributed by atoms with Crippen molar-refractivity contribution in [2.24, 2.45) is 0 Å². The van der Waals surface area contributed by atoms with Gasteiger partial charge in [-0.2, -0.15) is 0 Å². The van der Waals surface area contributed by atoms with Gasteiger partial charge >= 0.3 is 5.97 Å². The van der Waals surface area contributed by atoms with E-state index >= 15 is 0 Å². The molecule has 9 nitrogen and oxygen atoms in total. The Bertz CT molecular complexity index is 794. The van der Waals surface area contributed by atoms with Gasteiger partial charge in [0.2, 0.25) is 0 Å². The molecule has 2 aliphatic heterocycles. The summed E-state index contributed by atoms with van der Waals surface area (Å²) in [6.07, 6.45) is 1.97. The smallest absolute Gasteiger partial charge is 0.328 e. The van der Waals surface area contributed by atoms with Crippen LogP contribution < -0.4 is 0 Å². The number of carbonyl (C=O) groups excluding carboxylic acids is 1. The number of nitro groups is 1. The highest BCUT2D eigenvalue weighted by atomic mass is 35.5. The Morgan fingerprint density at radius 3 is 2.64 bits per heavy atom. The number of carboxylic acids is 1. The van der Waals surface area contributed by atoms with Crippen LogP contribution in [0.4, 0.5) is 5.69 Å². The Morgan fingerprint density at radius 2 is 2.07 bits per heavy atom. The SMILES string of the molecule is CCCN1CCC2(CC1)OC[C@H](C(=O)O)N2C(=O)c1ccc(Cl)c([N+](=O)[O-])c1. The number of hydrogen-bond acceptors (Lipinski definition) is 6. The van der Waals surface area contributed by atoms with Crippen LogP contribution in [0.15, 0.2) is 18.2 Å². The second kappa shape index (κ2) is 8.02. The zero-order chi connectivity index (χ0) is 20.5. The standard InChI is InChI=1S/C18H22ClN3O6/c1-2-7-20-8-5-18(6-9-20)21(15(11-28-18)17(24)25)16(23)12-3-4-13(19)14(10-12)22(26)27/h3-4,10,15H,2,5-9,11H2,1H3,(H,24,25)/t15-/m1/s1. The summed E-state index contributed by atoms with van der Waals surface area (Å²) in [6, 6.07) is 2.59. The molecule has 3 rings (SSSR count). The fourth-order valence-electron chi connectivity index (χ4n) is 3.92. The van der Waals surface area contributed by atoms with Gasteiger partial charge in [-0.3, -0.25) is 19.8 Å². The lowest BCUT2D eigenvalue weighted by molar-refractivity contribution is -0.384. The molecule has 28 heavy (non-hydrogen) atoms. The molecule has 0 aromatic heterocycles. The van der Waals surface area contributed by atoms with Crippen LogP contribution in [0.25, 0.3) is 0 Å². The van der Waals surface area contributed by atoms with Crippen molar-refractivity contribution in [1.82, 2.24) is 9.80 Å². The molecule has 1 atom stereocenters. The average molecular weight is 412 g/mol. The third-order valence-electron chi connectivity index (χ3n) is 5.33. The minimum atomic E-state index is -1.16. The fraction of sp³-hybridized carbons (Fsp3) is 0.556. The topological polar surface area (TPSA) is 113 Å². The lowest BCUT2D eigenvalue weighted by Gasteiger charge is -2.44. The highest BCUT2D eigenvalue weighted by Crippen LogP contribution is 2.39. The minimum absolute atomic E-state index is 0.0169. The molecule has 0 bridgehead atoms. The van der Waals surface area contributed by atoms with E-state index in [4.69, 9.17) is 16.3 Å². The number of nitrogens with zero attached hydrogens (tertiary/aromatic N) is 3. The van der Waals surface area contributed by atoms with Crippen LogP contribution in [-0.2, 0) is 9.53 Å². The normalized spacial score (nSPS) is 21.8. The van der Waals surface area contributed by atoms with E-state index in [1.807, 2.05) is 0 Å². The molecule has 2 heterocycles. The van der Waals surface area contributed by atoms with Crippen molar-refractivity contribution in [3.8, 4) is 0 Å². The number of nitro benzene ring substituents is 1. The zero-order valence-electron chi connectivity index (χ0n) is 15.5. The minimum Gasteiger partial charge on any atom is -0.480 e. The van der Waals surface area contributed by atoms with Gasteiger partial charge in [-0.05, 0) is 25.1 Å². The summed E-state index contributed by atoms with van der Waals surface area (Å²) in [7, 11) is 0. The van der Waals surface area contributed by atoms with E-state index in [2.05, 4.69) is 11.8 Å². The highest BCUT2D eigenvalue weighted by molar-refractivity contribution is 6.32. The molecule has 1 aromatic carbocycles. The predicted molar refractivity (Wildman–Crippen MR) is 100 cm³/mol. The Morgan fingerprint density at radius 1 is 1.39 bits per heavy atom. The van der Waals surface area contributed by atoms with Gasteiger partial charge in [0, 0.05) is 37.6 Å². The van der Waals surface area contributed by atoms with Crippen LogP contribution in [0, 0.1) is 10.1 Å². The summed E-state index contributed by atoms with van der Waals surface area (Å²) in [5.41, 5.74) is -1.40. The molecule has 1 aromatic rings. The van der Waals surface area contributed by atoms with Gasteiger partial charge < -0.3 is 14.7 Å². The Labute approximate surface area is 167 Å². The summed E-state index contributed by atoms with van der Waals surface area (Å²) in [5, 5.41) is 20.7. The number of benzene rings is 1. The van der Waals surface area contributed by atoms with Crippen molar-refractivity contribution < 1.29 is 24.4 Å². The van der Waals surface area contributed by atoms with E-state index in [9.17, 15) is 24.8 Å². The molecule has 2 aliphatic rings. The van der Waals surface area contributed by atoms with Crippen molar-refractivity contribution in [2.45, 2.75) is 38.0 Å². The molecule has 0 radical (unpaired) electrons. The largest absolute Gasteiger partial charge is 0.480 e. The molecule has 1 spiro atoms.